The largest absolute Gasteiger partial charge is 0.299 e. The molecule has 1 fully saturated rings. The van der Waals surface area contributed by atoms with Crippen LogP contribution in [0.2, 0.25) is 0 Å². The zero-order chi connectivity index (χ0) is 7.07. The summed E-state index contributed by atoms with van der Waals surface area (Å²) in [5, 5.41) is 0. The Bertz CT molecular complexity index is 136. The maximum Gasteiger partial charge on any atom is 0.136 e. The number of ketones is 1. The van der Waals surface area contributed by atoms with Crippen molar-refractivity contribution in [2.75, 3.05) is 0 Å². The van der Waals surface area contributed by atoms with Gasteiger partial charge < -0.3 is 0 Å². The minimum Gasteiger partial charge on any atom is -0.299 e. The standard InChI is InChI=1S/C8H14O/c1-6-4-8(2,3)5-7(6)9/h6H,4-5H2,1-3H3. The normalized spacial score (nSPS) is 33.2. The number of Topliss-reactive ketones (excluding diaryl/α,β-unsaturated/α-hetero) is 1. The average molecular weight is 126 g/mol. The minimum atomic E-state index is 0.288. The van der Waals surface area contributed by atoms with Crippen molar-refractivity contribution in [3.05, 3.63) is 0 Å². The molecular weight excluding hydrogens is 112 g/mol. The Morgan fingerprint density at radius 1 is 1.56 bits per heavy atom. The van der Waals surface area contributed by atoms with Gasteiger partial charge in [0, 0.05) is 12.3 Å². The van der Waals surface area contributed by atoms with Gasteiger partial charge in [-0.2, -0.15) is 0 Å². The van der Waals surface area contributed by atoms with Gasteiger partial charge in [-0.1, -0.05) is 20.8 Å². The first-order valence-corrected chi connectivity index (χ1v) is 3.54. The molecule has 1 aliphatic rings. The SMILES string of the molecule is CC1CC(C)(C)CC1=O. The summed E-state index contributed by atoms with van der Waals surface area (Å²) < 4.78 is 0. The topological polar surface area (TPSA) is 17.1 Å². The minimum absolute atomic E-state index is 0.288. The molecule has 1 unspecified atom stereocenters. The third kappa shape index (κ3) is 1.32. The summed E-state index contributed by atoms with van der Waals surface area (Å²) in [4.78, 5) is 11.0. The van der Waals surface area contributed by atoms with E-state index in [9.17, 15) is 4.79 Å². The van der Waals surface area contributed by atoms with Crippen molar-refractivity contribution in [1.29, 1.82) is 0 Å². The summed E-state index contributed by atoms with van der Waals surface area (Å²) in [6.45, 7) is 6.35. The van der Waals surface area contributed by atoms with Gasteiger partial charge in [-0.3, -0.25) is 4.79 Å². The van der Waals surface area contributed by atoms with Crippen molar-refractivity contribution in [1.82, 2.24) is 0 Å². The molecule has 0 heterocycles. The van der Waals surface area contributed by atoms with Crippen molar-refractivity contribution in [2.24, 2.45) is 11.3 Å². The van der Waals surface area contributed by atoms with Crippen LogP contribution in [0.1, 0.15) is 33.6 Å². The van der Waals surface area contributed by atoms with Gasteiger partial charge >= 0.3 is 0 Å². The molecule has 0 aromatic carbocycles. The Morgan fingerprint density at radius 2 is 2.11 bits per heavy atom. The Labute approximate surface area is 56.4 Å². The Balaban J connectivity index is 2.65. The lowest BCUT2D eigenvalue weighted by Gasteiger charge is -2.13. The maximum absolute atomic E-state index is 11.0. The van der Waals surface area contributed by atoms with E-state index in [0.717, 1.165) is 12.8 Å². The van der Waals surface area contributed by atoms with E-state index in [1.807, 2.05) is 6.92 Å². The molecule has 0 aromatic heterocycles. The molecule has 1 atom stereocenters. The quantitative estimate of drug-likeness (QED) is 0.485. The number of hydrogen-bond donors (Lipinski definition) is 0. The summed E-state index contributed by atoms with van der Waals surface area (Å²) in [7, 11) is 0. The first-order chi connectivity index (χ1) is 4.01. The molecule has 0 aliphatic heterocycles. The van der Waals surface area contributed by atoms with Crippen LogP contribution < -0.4 is 0 Å². The van der Waals surface area contributed by atoms with E-state index in [1.165, 1.54) is 0 Å². The fourth-order valence-electron chi connectivity index (χ4n) is 1.66. The lowest BCUT2D eigenvalue weighted by Crippen LogP contribution is -2.04. The Hall–Kier alpha value is -0.330. The predicted molar refractivity (Wildman–Crippen MR) is 37.2 cm³/mol. The highest BCUT2D eigenvalue weighted by Gasteiger charge is 2.34. The van der Waals surface area contributed by atoms with Crippen LogP contribution in [0.3, 0.4) is 0 Å². The molecular formula is C8H14O. The van der Waals surface area contributed by atoms with E-state index in [0.29, 0.717) is 11.7 Å². The average Bonchev–Trinajstić information content (AvgIpc) is 1.79. The van der Waals surface area contributed by atoms with Gasteiger partial charge in [0.05, 0.1) is 0 Å². The predicted octanol–water partition coefficient (Wildman–Crippen LogP) is 2.01. The van der Waals surface area contributed by atoms with Crippen molar-refractivity contribution in [3.63, 3.8) is 0 Å². The molecule has 0 saturated heterocycles. The van der Waals surface area contributed by atoms with Gasteiger partial charge in [-0.05, 0) is 11.8 Å². The highest BCUT2D eigenvalue weighted by molar-refractivity contribution is 5.83. The van der Waals surface area contributed by atoms with E-state index in [2.05, 4.69) is 13.8 Å². The maximum atomic E-state index is 11.0. The molecule has 52 valence electrons. The van der Waals surface area contributed by atoms with Crippen molar-refractivity contribution < 1.29 is 4.79 Å². The van der Waals surface area contributed by atoms with Gasteiger partial charge in [0.15, 0.2) is 0 Å². The van der Waals surface area contributed by atoms with Crippen molar-refractivity contribution in [2.45, 2.75) is 33.6 Å². The zero-order valence-electron chi connectivity index (χ0n) is 6.40. The number of carbonyl (C=O) groups excluding carboxylic acids is 1. The highest BCUT2D eigenvalue weighted by atomic mass is 16.1. The van der Waals surface area contributed by atoms with E-state index < -0.39 is 0 Å². The molecule has 1 heteroatoms. The zero-order valence-corrected chi connectivity index (χ0v) is 6.40. The van der Waals surface area contributed by atoms with Crippen LogP contribution >= 0.6 is 0 Å². The van der Waals surface area contributed by atoms with Crippen LogP contribution in [0, 0.1) is 11.3 Å². The monoisotopic (exact) mass is 126 g/mol. The Morgan fingerprint density at radius 3 is 2.22 bits per heavy atom. The summed E-state index contributed by atoms with van der Waals surface area (Å²) in [6.07, 6.45) is 1.86. The number of hydrogen-bond acceptors (Lipinski definition) is 1. The van der Waals surface area contributed by atoms with Crippen LogP contribution in [0.25, 0.3) is 0 Å². The molecule has 0 bridgehead atoms. The molecule has 1 aliphatic carbocycles. The fourth-order valence-corrected chi connectivity index (χ4v) is 1.66. The summed E-state index contributed by atoms with van der Waals surface area (Å²) in [6, 6.07) is 0. The third-order valence-electron chi connectivity index (χ3n) is 2.06. The van der Waals surface area contributed by atoms with Gasteiger partial charge in [-0.15, -0.1) is 0 Å². The van der Waals surface area contributed by atoms with Gasteiger partial charge in [-0.25, -0.2) is 0 Å². The third-order valence-corrected chi connectivity index (χ3v) is 2.06. The molecule has 0 aromatic rings. The fraction of sp³-hybridized carbons (Fsp3) is 0.875. The van der Waals surface area contributed by atoms with Crippen LogP contribution in [0.4, 0.5) is 0 Å². The summed E-state index contributed by atoms with van der Waals surface area (Å²) in [5.41, 5.74) is 0.288. The number of rotatable bonds is 0. The van der Waals surface area contributed by atoms with E-state index in [4.69, 9.17) is 0 Å². The molecule has 0 amide bonds. The molecule has 1 rings (SSSR count). The summed E-state index contributed by atoms with van der Waals surface area (Å²) >= 11 is 0. The van der Waals surface area contributed by atoms with Gasteiger partial charge in [0.1, 0.15) is 5.78 Å². The lowest BCUT2D eigenvalue weighted by molar-refractivity contribution is -0.120. The molecule has 0 N–H and O–H groups in total. The second-order valence-corrected chi connectivity index (χ2v) is 3.91. The van der Waals surface area contributed by atoms with Crippen LogP contribution in [-0.4, -0.2) is 5.78 Å². The van der Waals surface area contributed by atoms with Crippen LogP contribution in [0.5, 0.6) is 0 Å². The molecule has 0 spiro atoms. The molecule has 1 saturated carbocycles. The number of carbonyl (C=O) groups is 1. The smallest absolute Gasteiger partial charge is 0.136 e. The van der Waals surface area contributed by atoms with Gasteiger partial charge in [0.2, 0.25) is 0 Å². The highest BCUT2D eigenvalue weighted by Crippen LogP contribution is 2.37. The summed E-state index contributed by atoms with van der Waals surface area (Å²) in [5.74, 6) is 0.764. The van der Waals surface area contributed by atoms with Gasteiger partial charge in [0.25, 0.3) is 0 Å². The van der Waals surface area contributed by atoms with Crippen LogP contribution in [-0.2, 0) is 4.79 Å². The second-order valence-electron chi connectivity index (χ2n) is 3.91. The second kappa shape index (κ2) is 1.83. The lowest BCUT2D eigenvalue weighted by atomic mass is 9.91. The molecule has 0 radical (unpaired) electrons. The van der Waals surface area contributed by atoms with Crippen LogP contribution in [0.15, 0.2) is 0 Å². The molecule has 1 nitrogen and oxygen atoms in total. The van der Waals surface area contributed by atoms with Crippen molar-refractivity contribution >= 4 is 5.78 Å². The first-order valence-electron chi connectivity index (χ1n) is 3.54. The Kier molecular flexibility index (Phi) is 1.38. The van der Waals surface area contributed by atoms with E-state index in [-0.39, 0.29) is 5.41 Å². The first kappa shape index (κ1) is 6.79. The molecule has 9 heavy (non-hydrogen) atoms. The van der Waals surface area contributed by atoms with E-state index in [1.54, 1.807) is 0 Å². The van der Waals surface area contributed by atoms with Crippen molar-refractivity contribution in [3.8, 4) is 0 Å². The van der Waals surface area contributed by atoms with E-state index >= 15 is 0 Å².